The van der Waals surface area contributed by atoms with Crippen LogP contribution in [0, 0.1) is 5.82 Å². The molecule has 96 valence electrons. The summed E-state index contributed by atoms with van der Waals surface area (Å²) in [5.41, 5.74) is 5.04. The van der Waals surface area contributed by atoms with Gasteiger partial charge in [0.1, 0.15) is 5.82 Å². The van der Waals surface area contributed by atoms with Crippen molar-refractivity contribution in [1.29, 1.82) is 0 Å². The maximum absolute atomic E-state index is 13.3. The number of alkyl halides is 3. The number of nitrogens with two attached hydrogens (primary N) is 1. The van der Waals surface area contributed by atoms with E-state index in [1.54, 1.807) is 5.38 Å². The molecule has 1 aromatic heterocycles. The van der Waals surface area contributed by atoms with Gasteiger partial charge in [-0.25, -0.2) is 4.39 Å². The smallest absolute Gasteiger partial charge is 0.319 e. The molecule has 0 saturated heterocycles. The Balaban J connectivity index is 2.35. The molecular weight excluding hydrogens is 270 g/mol. The molecule has 0 spiro atoms. The van der Waals surface area contributed by atoms with Crippen molar-refractivity contribution < 1.29 is 17.6 Å². The third-order valence-electron chi connectivity index (χ3n) is 2.35. The number of hydrogen-bond donors (Lipinski definition) is 1. The van der Waals surface area contributed by atoms with Crippen molar-refractivity contribution >= 4 is 11.5 Å². The Labute approximate surface area is 103 Å². The summed E-state index contributed by atoms with van der Waals surface area (Å²) >= 11 is 1.06. The Bertz CT molecular complexity index is 539. The average Bonchev–Trinajstić information content (AvgIpc) is 2.79. The van der Waals surface area contributed by atoms with Gasteiger partial charge in [-0.3, -0.25) is 0 Å². The lowest BCUT2D eigenvalue weighted by Gasteiger charge is -2.12. The molecule has 3 nitrogen and oxygen atoms in total. The molecule has 0 amide bonds. The van der Waals surface area contributed by atoms with E-state index in [2.05, 4.69) is 9.59 Å². The molecule has 0 aliphatic carbocycles. The summed E-state index contributed by atoms with van der Waals surface area (Å²) in [5, 5.41) is 5.25. The van der Waals surface area contributed by atoms with Gasteiger partial charge in [-0.1, -0.05) is 10.6 Å². The fraction of sp³-hybridized carbons (Fsp3) is 0.200. The van der Waals surface area contributed by atoms with Gasteiger partial charge in [-0.05, 0) is 29.2 Å². The normalized spacial score (nSPS) is 13.6. The first-order chi connectivity index (χ1) is 8.39. The van der Waals surface area contributed by atoms with Crippen LogP contribution >= 0.6 is 11.5 Å². The molecule has 0 fully saturated rings. The number of rotatable bonds is 2. The minimum absolute atomic E-state index is 0.216. The molecule has 0 bridgehead atoms. The minimum Gasteiger partial charge on any atom is -0.319 e. The van der Waals surface area contributed by atoms with Crippen molar-refractivity contribution in [3.8, 4) is 0 Å². The highest BCUT2D eigenvalue weighted by atomic mass is 32.1. The standard InChI is InChI=1S/C10H7F4N3S/c11-7-3-5(1-2-6(7)10(12,13)14)9(15)8-4-18-17-16-8/h1-4,9H,15H2. The first-order valence-electron chi connectivity index (χ1n) is 4.79. The van der Waals surface area contributed by atoms with Crippen molar-refractivity contribution in [3.05, 3.63) is 46.2 Å². The second kappa shape index (κ2) is 4.62. The summed E-state index contributed by atoms with van der Waals surface area (Å²) in [7, 11) is 0. The van der Waals surface area contributed by atoms with Crippen LogP contribution in [0.25, 0.3) is 0 Å². The Morgan fingerprint density at radius 3 is 2.50 bits per heavy atom. The van der Waals surface area contributed by atoms with Crippen molar-refractivity contribution in [2.24, 2.45) is 5.73 Å². The van der Waals surface area contributed by atoms with Crippen LogP contribution < -0.4 is 5.73 Å². The quantitative estimate of drug-likeness (QED) is 0.859. The molecule has 0 aliphatic heterocycles. The largest absolute Gasteiger partial charge is 0.419 e. The molecular formula is C10H7F4N3S. The lowest BCUT2D eigenvalue weighted by Crippen LogP contribution is -2.14. The fourth-order valence-corrected chi connectivity index (χ4v) is 1.92. The summed E-state index contributed by atoms with van der Waals surface area (Å²) in [5.74, 6) is -1.35. The SMILES string of the molecule is NC(c1ccc(C(F)(F)F)c(F)c1)c1csnn1. The van der Waals surface area contributed by atoms with Gasteiger partial charge in [-0.15, -0.1) is 5.10 Å². The zero-order valence-electron chi connectivity index (χ0n) is 8.78. The molecule has 0 saturated carbocycles. The Morgan fingerprint density at radius 1 is 1.28 bits per heavy atom. The third-order valence-corrected chi connectivity index (χ3v) is 2.88. The van der Waals surface area contributed by atoms with Gasteiger partial charge in [0.05, 0.1) is 17.3 Å². The number of aromatic nitrogens is 2. The van der Waals surface area contributed by atoms with Crippen molar-refractivity contribution in [2.45, 2.75) is 12.2 Å². The molecule has 18 heavy (non-hydrogen) atoms. The van der Waals surface area contributed by atoms with Gasteiger partial charge in [0.2, 0.25) is 0 Å². The van der Waals surface area contributed by atoms with E-state index < -0.39 is 23.6 Å². The van der Waals surface area contributed by atoms with Crippen LogP contribution in [0.5, 0.6) is 0 Å². The van der Waals surface area contributed by atoms with E-state index in [1.807, 2.05) is 0 Å². The molecule has 0 radical (unpaired) electrons. The van der Waals surface area contributed by atoms with Gasteiger partial charge in [-0.2, -0.15) is 13.2 Å². The summed E-state index contributed by atoms with van der Waals surface area (Å²) in [6.45, 7) is 0. The number of halogens is 4. The highest BCUT2D eigenvalue weighted by molar-refractivity contribution is 7.03. The highest BCUT2D eigenvalue weighted by Gasteiger charge is 2.34. The Morgan fingerprint density at radius 2 is 2.00 bits per heavy atom. The monoisotopic (exact) mass is 277 g/mol. The van der Waals surface area contributed by atoms with E-state index in [1.165, 1.54) is 0 Å². The van der Waals surface area contributed by atoms with Crippen LogP contribution in [0.4, 0.5) is 17.6 Å². The molecule has 2 rings (SSSR count). The number of benzene rings is 1. The van der Waals surface area contributed by atoms with Gasteiger partial charge >= 0.3 is 6.18 Å². The van der Waals surface area contributed by atoms with Crippen LogP contribution in [0.15, 0.2) is 23.6 Å². The molecule has 1 atom stereocenters. The molecule has 1 heterocycles. The molecule has 1 aromatic carbocycles. The molecule has 1 unspecified atom stereocenters. The molecule has 2 aromatic rings. The molecule has 8 heteroatoms. The van der Waals surface area contributed by atoms with Gasteiger partial charge in [0.25, 0.3) is 0 Å². The zero-order valence-corrected chi connectivity index (χ0v) is 9.60. The first kappa shape index (κ1) is 12.9. The van der Waals surface area contributed by atoms with E-state index in [9.17, 15) is 17.6 Å². The van der Waals surface area contributed by atoms with E-state index in [0.717, 1.165) is 23.7 Å². The maximum atomic E-state index is 13.3. The second-order valence-electron chi connectivity index (χ2n) is 3.54. The van der Waals surface area contributed by atoms with Crippen LogP contribution in [0.3, 0.4) is 0 Å². The summed E-state index contributed by atoms with van der Waals surface area (Å²) < 4.78 is 54.0. The van der Waals surface area contributed by atoms with E-state index >= 15 is 0 Å². The number of hydrogen-bond acceptors (Lipinski definition) is 4. The third kappa shape index (κ3) is 2.49. The lowest BCUT2D eigenvalue weighted by atomic mass is 10.0. The number of nitrogens with zero attached hydrogens (tertiary/aromatic N) is 2. The summed E-state index contributed by atoms with van der Waals surface area (Å²) in [6.07, 6.45) is -4.71. The van der Waals surface area contributed by atoms with Crippen molar-refractivity contribution in [2.75, 3.05) is 0 Å². The van der Waals surface area contributed by atoms with Crippen LogP contribution in [0.2, 0.25) is 0 Å². The van der Waals surface area contributed by atoms with Crippen LogP contribution in [-0.4, -0.2) is 9.59 Å². The van der Waals surface area contributed by atoms with Crippen LogP contribution in [0.1, 0.15) is 22.9 Å². The predicted octanol–water partition coefficient (Wildman–Crippen LogP) is 2.74. The summed E-state index contributed by atoms with van der Waals surface area (Å²) in [6, 6.07) is 1.79. The second-order valence-corrected chi connectivity index (χ2v) is 4.15. The maximum Gasteiger partial charge on any atom is 0.419 e. The minimum atomic E-state index is -4.71. The molecule has 0 aliphatic rings. The Kier molecular flexibility index (Phi) is 3.31. The first-order valence-corrected chi connectivity index (χ1v) is 5.62. The lowest BCUT2D eigenvalue weighted by molar-refractivity contribution is -0.140. The molecule has 2 N–H and O–H groups in total. The van der Waals surface area contributed by atoms with Gasteiger partial charge in [0.15, 0.2) is 0 Å². The van der Waals surface area contributed by atoms with Gasteiger partial charge < -0.3 is 5.73 Å². The van der Waals surface area contributed by atoms with Crippen molar-refractivity contribution in [1.82, 2.24) is 9.59 Å². The van der Waals surface area contributed by atoms with E-state index in [-0.39, 0.29) is 5.56 Å². The van der Waals surface area contributed by atoms with E-state index in [4.69, 9.17) is 5.73 Å². The van der Waals surface area contributed by atoms with Crippen molar-refractivity contribution in [3.63, 3.8) is 0 Å². The Hall–Kier alpha value is -1.54. The van der Waals surface area contributed by atoms with Crippen LogP contribution in [-0.2, 0) is 6.18 Å². The van der Waals surface area contributed by atoms with Gasteiger partial charge in [0, 0.05) is 5.38 Å². The fourth-order valence-electron chi connectivity index (χ4n) is 1.43. The summed E-state index contributed by atoms with van der Waals surface area (Å²) in [4.78, 5) is 0. The zero-order chi connectivity index (χ0) is 13.3. The highest BCUT2D eigenvalue weighted by Crippen LogP contribution is 2.32. The van der Waals surface area contributed by atoms with E-state index in [0.29, 0.717) is 11.8 Å². The topological polar surface area (TPSA) is 51.8 Å². The predicted molar refractivity (Wildman–Crippen MR) is 57.3 cm³/mol. The average molecular weight is 277 g/mol.